The first-order valence-corrected chi connectivity index (χ1v) is 20.2. The van der Waals surface area contributed by atoms with Gasteiger partial charge in [0.2, 0.25) is 6.10 Å². The van der Waals surface area contributed by atoms with E-state index in [2.05, 4.69) is 56.5 Å². The van der Waals surface area contributed by atoms with Gasteiger partial charge in [-0.2, -0.15) is 0 Å². The van der Waals surface area contributed by atoms with Crippen molar-refractivity contribution in [1.82, 2.24) is 39.4 Å². The predicted octanol–water partition coefficient (Wildman–Crippen LogP) is 7.71. The van der Waals surface area contributed by atoms with Crippen molar-refractivity contribution in [2.24, 2.45) is 5.73 Å². The zero-order valence-corrected chi connectivity index (χ0v) is 33.5. The van der Waals surface area contributed by atoms with Gasteiger partial charge in [0.15, 0.2) is 12.1 Å². The molecule has 7 aromatic rings. The fourth-order valence-electron chi connectivity index (χ4n) is 8.62. The number of fused-ring (bicyclic) bond motifs is 1. The molecule has 0 aliphatic carbocycles. The van der Waals surface area contributed by atoms with Gasteiger partial charge < -0.3 is 34.8 Å². The number of H-pyrrole nitrogens is 2. The van der Waals surface area contributed by atoms with Crippen LogP contribution in [-0.2, 0) is 14.3 Å². The van der Waals surface area contributed by atoms with Crippen LogP contribution in [0.4, 0.5) is 10.6 Å². The molecule has 0 saturated carbocycles. The highest BCUT2D eigenvalue weighted by Crippen LogP contribution is 2.37. The Morgan fingerprint density at radius 3 is 1.88 bits per heavy atom. The van der Waals surface area contributed by atoms with Crippen molar-refractivity contribution in [1.29, 1.82) is 0 Å². The Balaban J connectivity index is 0.845. The highest BCUT2D eigenvalue weighted by atomic mass is 16.6. The summed E-state index contributed by atoms with van der Waals surface area (Å²) in [4.78, 5) is 59.3. The SMILES string of the molecule is C[N+](C)(CC(=O)N1CCC[C@H]1c1ncc(-c2ccc(-c3ccc(-c4cnc([C@@H]5CCCN5C(=O)[C@H](OC(N)=O)c5ccccc5)[nH]4)cc3)cc2)[nH]1)c1noc2ccccc12. The van der Waals surface area contributed by atoms with Crippen LogP contribution >= 0.6 is 0 Å². The Labute approximate surface area is 346 Å². The number of aromatic nitrogens is 5. The number of benzene rings is 4. The van der Waals surface area contributed by atoms with Gasteiger partial charge in [0.1, 0.15) is 17.0 Å². The number of amides is 3. The minimum atomic E-state index is -1.13. The van der Waals surface area contributed by atoms with E-state index in [4.69, 9.17) is 20.0 Å². The summed E-state index contributed by atoms with van der Waals surface area (Å²) < 4.78 is 11.1. The highest BCUT2D eigenvalue weighted by Gasteiger charge is 2.39. The van der Waals surface area contributed by atoms with Crippen LogP contribution in [0.1, 0.15) is 61.1 Å². The van der Waals surface area contributed by atoms with Crippen LogP contribution in [0.2, 0.25) is 0 Å². The summed E-state index contributed by atoms with van der Waals surface area (Å²) in [6, 6.07) is 32.8. The van der Waals surface area contributed by atoms with Gasteiger partial charge in [-0.3, -0.25) is 14.1 Å². The molecule has 9 rings (SSSR count). The maximum atomic E-state index is 13.8. The maximum Gasteiger partial charge on any atom is 0.405 e. The minimum absolute atomic E-state index is 0.0503. The number of carbonyl (C=O) groups excluding carboxylic acids is 3. The molecule has 3 aromatic heterocycles. The lowest BCUT2D eigenvalue weighted by Gasteiger charge is -2.30. The summed E-state index contributed by atoms with van der Waals surface area (Å²) in [5.41, 5.74) is 12.4. The molecule has 0 bridgehead atoms. The minimum Gasteiger partial charge on any atom is -0.431 e. The number of aromatic amines is 2. The van der Waals surface area contributed by atoms with Gasteiger partial charge in [-0.15, -0.1) is 0 Å². The molecule has 3 atom stereocenters. The van der Waals surface area contributed by atoms with Gasteiger partial charge in [0.25, 0.3) is 17.6 Å². The number of para-hydroxylation sites is 1. The summed E-state index contributed by atoms with van der Waals surface area (Å²) in [5, 5.41) is 5.23. The molecule has 2 aliphatic heterocycles. The van der Waals surface area contributed by atoms with Crippen LogP contribution in [0, 0.1) is 0 Å². The van der Waals surface area contributed by atoms with Gasteiger partial charge in [-0.1, -0.05) is 91.0 Å². The van der Waals surface area contributed by atoms with Crippen molar-refractivity contribution < 1.29 is 23.6 Å². The molecule has 2 fully saturated rings. The van der Waals surface area contributed by atoms with Gasteiger partial charge in [0, 0.05) is 18.7 Å². The first kappa shape index (κ1) is 38.5. The summed E-state index contributed by atoms with van der Waals surface area (Å²) in [5.74, 6) is 1.92. The van der Waals surface area contributed by atoms with E-state index in [9.17, 15) is 14.4 Å². The Morgan fingerprint density at radius 2 is 1.28 bits per heavy atom. The molecular weight excluding hydrogens is 759 g/mol. The van der Waals surface area contributed by atoms with Gasteiger partial charge in [0.05, 0.1) is 50.0 Å². The van der Waals surface area contributed by atoms with Crippen LogP contribution < -0.4 is 10.2 Å². The van der Waals surface area contributed by atoms with Gasteiger partial charge in [-0.05, 0) is 65.2 Å². The Kier molecular flexibility index (Phi) is 10.2. The molecule has 2 aliphatic rings. The van der Waals surface area contributed by atoms with Crippen LogP contribution in [0.3, 0.4) is 0 Å². The van der Waals surface area contributed by atoms with Crippen LogP contribution in [0.25, 0.3) is 44.6 Å². The number of hydrogen-bond acceptors (Lipinski definition) is 8. The number of quaternary nitrogens is 1. The fourth-order valence-corrected chi connectivity index (χ4v) is 8.62. The Morgan fingerprint density at radius 1 is 0.750 bits per heavy atom. The third-order valence-corrected chi connectivity index (χ3v) is 11.7. The number of likely N-dealkylation sites (N-methyl/N-ethyl adjacent to an activating group) is 1. The van der Waals surface area contributed by atoms with Gasteiger partial charge >= 0.3 is 6.09 Å². The number of ether oxygens (including phenoxy) is 1. The number of likely N-dealkylation sites (tertiary alicyclic amines) is 2. The first-order chi connectivity index (χ1) is 29.1. The first-order valence-electron chi connectivity index (χ1n) is 20.2. The van der Waals surface area contributed by atoms with Crippen molar-refractivity contribution in [3.8, 4) is 33.6 Å². The number of primary amides is 1. The number of carbonyl (C=O) groups is 3. The summed E-state index contributed by atoms with van der Waals surface area (Å²) >= 11 is 0. The van der Waals surface area contributed by atoms with E-state index in [0.717, 1.165) is 76.4 Å². The van der Waals surface area contributed by atoms with E-state index >= 15 is 0 Å². The normalized spacial score (nSPS) is 17.3. The van der Waals surface area contributed by atoms with Crippen molar-refractivity contribution >= 4 is 34.7 Å². The lowest BCUT2D eigenvalue weighted by Crippen LogP contribution is -2.49. The molecule has 0 spiro atoms. The molecule has 14 nitrogen and oxygen atoms in total. The topological polar surface area (TPSA) is 176 Å². The van der Waals surface area contributed by atoms with E-state index in [-0.39, 0.29) is 34.9 Å². The van der Waals surface area contributed by atoms with E-state index in [1.807, 2.05) is 67.7 Å². The number of imidazole rings is 2. The van der Waals surface area contributed by atoms with Crippen molar-refractivity contribution in [3.63, 3.8) is 0 Å². The lowest BCUT2D eigenvalue weighted by molar-refractivity contribution is -0.141. The van der Waals surface area contributed by atoms with Crippen LogP contribution in [0.5, 0.6) is 0 Å². The number of nitrogens with two attached hydrogens (primary N) is 1. The monoisotopic (exact) mass is 804 g/mol. The predicted molar refractivity (Wildman–Crippen MR) is 227 cm³/mol. The standard InChI is InChI=1S/C46H45N9O5/c1-55(2,44-34-12-6-7-15-39(34)60-52-44)28-40(56)53-24-8-13-37(53)42-48-26-35(50-42)31-20-16-29(17-21-31)30-18-22-32(23-19-30)36-27-49-43(51-36)38-14-9-25-54(38)45(57)41(59-46(47)58)33-10-4-3-5-11-33/h3-7,10-12,15-23,26-27,37-38,41H,8-9,13-14,24-25,28H2,1-2H3,(H3-,47,48,49,50,51,58)/p+1/t37-,38-,41+/m0/s1. The average molecular weight is 805 g/mol. The summed E-state index contributed by atoms with van der Waals surface area (Å²) in [6.07, 6.45) is 4.77. The molecule has 0 radical (unpaired) electrons. The molecule has 4 aromatic carbocycles. The summed E-state index contributed by atoms with van der Waals surface area (Å²) in [6.45, 7) is 1.45. The largest absolute Gasteiger partial charge is 0.431 e. The second-order valence-corrected chi connectivity index (χ2v) is 16.0. The fraction of sp³-hybridized carbons (Fsp3) is 0.261. The smallest absolute Gasteiger partial charge is 0.405 e. The molecule has 0 unspecified atom stereocenters. The molecule has 3 amide bonds. The average Bonchev–Trinajstić information content (AvgIpc) is 4.11. The third-order valence-electron chi connectivity index (χ3n) is 11.7. The molecule has 304 valence electrons. The maximum absolute atomic E-state index is 13.8. The number of nitrogens with one attached hydrogen (secondary N) is 2. The second kappa shape index (κ2) is 15.9. The van der Waals surface area contributed by atoms with E-state index in [1.165, 1.54) is 0 Å². The van der Waals surface area contributed by atoms with Gasteiger partial charge in [-0.25, -0.2) is 14.8 Å². The van der Waals surface area contributed by atoms with Crippen molar-refractivity contribution in [2.45, 2.75) is 43.9 Å². The third kappa shape index (κ3) is 7.52. The Hall–Kier alpha value is -7.06. The molecular formula is C46H46N9O5+. The molecule has 5 heterocycles. The van der Waals surface area contributed by atoms with Crippen molar-refractivity contribution in [3.05, 3.63) is 133 Å². The molecule has 14 heteroatoms. The quantitative estimate of drug-likeness (QED) is 0.111. The Bertz CT molecular complexity index is 2650. The molecule has 60 heavy (non-hydrogen) atoms. The van der Waals surface area contributed by atoms with Crippen LogP contribution in [-0.4, -0.2) is 86.5 Å². The molecule has 4 N–H and O–H groups in total. The molecule has 2 saturated heterocycles. The second-order valence-electron chi connectivity index (χ2n) is 16.0. The van der Waals surface area contributed by atoms with Crippen LogP contribution in [0.15, 0.2) is 120 Å². The zero-order chi connectivity index (χ0) is 41.4. The van der Waals surface area contributed by atoms with E-state index < -0.39 is 12.2 Å². The van der Waals surface area contributed by atoms with E-state index in [0.29, 0.717) is 30.1 Å². The number of hydrogen-bond donors (Lipinski definition) is 3. The van der Waals surface area contributed by atoms with E-state index in [1.54, 1.807) is 35.4 Å². The van der Waals surface area contributed by atoms with Crippen molar-refractivity contribution in [2.75, 3.05) is 33.7 Å². The summed E-state index contributed by atoms with van der Waals surface area (Å²) in [7, 11) is 3.97. The highest BCUT2D eigenvalue weighted by molar-refractivity contribution is 5.89. The number of rotatable bonds is 11. The number of nitrogens with zero attached hydrogens (tertiary/aromatic N) is 6. The zero-order valence-electron chi connectivity index (χ0n) is 33.5. The lowest BCUT2D eigenvalue weighted by atomic mass is 10.0.